The van der Waals surface area contributed by atoms with E-state index in [1.165, 1.54) is 6.07 Å². The average Bonchev–Trinajstić information content (AvgIpc) is 2.26. The van der Waals surface area contributed by atoms with Crippen molar-refractivity contribution in [2.24, 2.45) is 0 Å². The maximum Gasteiger partial charge on any atom is 0.488 e. The molecule has 0 fully saturated rings. The van der Waals surface area contributed by atoms with Gasteiger partial charge < -0.3 is 22.3 Å². The first-order valence-electron chi connectivity index (χ1n) is 4.68. The van der Waals surface area contributed by atoms with Crippen LogP contribution in [0.5, 0.6) is 0 Å². The fraction of sp³-hybridized carbons (Fsp3) is 0.200. The number of rotatable bonds is 4. The molecule has 1 radical (unpaired) electrons. The predicted octanol–water partition coefficient (Wildman–Crippen LogP) is -0.680. The van der Waals surface area contributed by atoms with E-state index in [0.717, 1.165) is 0 Å². The molecule has 1 amide bonds. The molecule has 3 N–H and O–H groups in total. The van der Waals surface area contributed by atoms with E-state index in [2.05, 4.69) is 12.2 Å². The first-order valence-corrected chi connectivity index (χ1v) is 4.68. The monoisotopic (exact) mass is 347 g/mol. The zero-order valence-corrected chi connectivity index (χ0v) is 12.6. The first-order chi connectivity index (χ1) is 7.15. The third kappa shape index (κ3) is 4.91. The Hall–Kier alpha value is 0.0386. The van der Waals surface area contributed by atoms with Gasteiger partial charge in [0.1, 0.15) is 0 Å². The molecule has 16 heavy (non-hydrogen) atoms. The molecule has 1 rings (SSSR count). The van der Waals surface area contributed by atoms with Crippen LogP contribution in [0.15, 0.2) is 24.3 Å². The van der Waals surface area contributed by atoms with E-state index >= 15 is 0 Å². The van der Waals surface area contributed by atoms with Crippen molar-refractivity contribution in [3.63, 3.8) is 0 Å². The Morgan fingerprint density at radius 1 is 1.44 bits per heavy atom. The predicted molar refractivity (Wildman–Crippen MR) is 58.6 cm³/mol. The summed E-state index contributed by atoms with van der Waals surface area (Å²) in [6.45, 7) is 4.11. The average molecular weight is 347 g/mol. The van der Waals surface area contributed by atoms with Crippen LogP contribution in [-0.4, -0.2) is 29.6 Å². The quantitative estimate of drug-likeness (QED) is 0.500. The largest absolute Gasteiger partial charge is 0.488 e. The second-order valence-corrected chi connectivity index (χ2v) is 3.11. The standard InChI is InChI=1S/C10H13BNO3.Pr/c1-2-6-12-10(13)8-4-3-5-9(7-8)11(14)15;/h3-5,7,14-15H,1-2,6H2,(H,12,13);/q-1;. The smallest absolute Gasteiger partial charge is 0.423 e. The summed E-state index contributed by atoms with van der Waals surface area (Å²) in [7, 11) is -1.55. The number of hydrogen-bond donors (Lipinski definition) is 3. The van der Waals surface area contributed by atoms with Crippen LogP contribution in [-0.2, 0) is 0 Å². The molecular formula is C10H13BNO3Pr-. The van der Waals surface area contributed by atoms with E-state index < -0.39 is 7.12 Å². The van der Waals surface area contributed by atoms with E-state index in [4.69, 9.17) is 10.0 Å². The number of carbonyl (C=O) groups is 1. The zero-order valence-electron chi connectivity index (χ0n) is 8.89. The van der Waals surface area contributed by atoms with Gasteiger partial charge in [0, 0.05) is 46.9 Å². The Bertz CT molecular complexity index is 347. The molecule has 0 heterocycles. The Labute approximate surface area is 129 Å². The number of carbonyl (C=O) groups excluding carboxylic acids is 1. The third-order valence-corrected chi connectivity index (χ3v) is 1.91. The van der Waals surface area contributed by atoms with Crippen molar-refractivity contribution in [3.8, 4) is 0 Å². The van der Waals surface area contributed by atoms with Crippen molar-refractivity contribution < 1.29 is 56.1 Å². The van der Waals surface area contributed by atoms with Crippen molar-refractivity contribution in [2.45, 2.75) is 6.42 Å². The first kappa shape index (κ1) is 16.0. The molecule has 83 valence electrons. The van der Waals surface area contributed by atoms with Crippen molar-refractivity contribution in [1.82, 2.24) is 5.32 Å². The molecule has 0 atom stereocenters. The van der Waals surface area contributed by atoms with Crippen LogP contribution in [0.1, 0.15) is 16.8 Å². The van der Waals surface area contributed by atoms with Crippen LogP contribution >= 0.6 is 0 Å². The third-order valence-electron chi connectivity index (χ3n) is 1.91. The molecule has 1 aromatic rings. The van der Waals surface area contributed by atoms with Crippen molar-refractivity contribution >= 4 is 18.5 Å². The molecular weight excluding hydrogens is 334 g/mol. The summed E-state index contributed by atoms with van der Waals surface area (Å²) in [6, 6.07) is 6.21. The number of hydrogen-bond acceptors (Lipinski definition) is 3. The molecule has 0 spiro atoms. The summed E-state index contributed by atoms with van der Waals surface area (Å²) in [5, 5.41) is 20.5. The van der Waals surface area contributed by atoms with E-state index in [9.17, 15) is 4.79 Å². The van der Waals surface area contributed by atoms with Gasteiger partial charge in [0.15, 0.2) is 0 Å². The number of nitrogens with one attached hydrogen (secondary N) is 1. The van der Waals surface area contributed by atoms with Gasteiger partial charge in [-0.05, 0) is 24.1 Å². The second kappa shape index (κ2) is 8.18. The molecule has 0 aliphatic carbocycles. The summed E-state index contributed by atoms with van der Waals surface area (Å²) >= 11 is 0. The molecule has 1 aromatic carbocycles. The van der Waals surface area contributed by atoms with Gasteiger partial charge in [-0.25, -0.2) is 0 Å². The van der Waals surface area contributed by atoms with Gasteiger partial charge in [-0.1, -0.05) is 12.1 Å². The number of amides is 1. The Kier molecular flexibility index (Phi) is 8.20. The fourth-order valence-electron chi connectivity index (χ4n) is 1.14. The SMILES string of the molecule is [CH2-]CCNC(=O)c1cccc(B(O)O)c1.[Pr]. The Balaban J connectivity index is 0.00000225. The summed E-state index contributed by atoms with van der Waals surface area (Å²) in [4.78, 5) is 11.5. The minimum atomic E-state index is -1.55. The molecule has 4 nitrogen and oxygen atoms in total. The molecule has 0 aromatic heterocycles. The van der Waals surface area contributed by atoms with Crippen molar-refractivity contribution in [2.75, 3.05) is 6.54 Å². The minimum Gasteiger partial charge on any atom is -0.423 e. The van der Waals surface area contributed by atoms with Crippen molar-refractivity contribution in [1.29, 1.82) is 0 Å². The van der Waals surface area contributed by atoms with Gasteiger partial charge in [0.05, 0.1) is 0 Å². The fourth-order valence-corrected chi connectivity index (χ4v) is 1.14. The normalized spacial score (nSPS) is 9.19. The van der Waals surface area contributed by atoms with Crippen molar-refractivity contribution in [3.05, 3.63) is 36.8 Å². The van der Waals surface area contributed by atoms with E-state index in [1.54, 1.807) is 18.2 Å². The number of benzene rings is 1. The molecule has 0 bridgehead atoms. The summed E-state index contributed by atoms with van der Waals surface area (Å²) in [5.41, 5.74) is 0.714. The molecule has 0 saturated carbocycles. The molecule has 6 heteroatoms. The van der Waals surface area contributed by atoms with Crippen LogP contribution in [0.25, 0.3) is 0 Å². The Morgan fingerprint density at radius 3 is 2.69 bits per heavy atom. The Morgan fingerprint density at radius 2 is 2.12 bits per heavy atom. The van der Waals surface area contributed by atoms with E-state index in [1.807, 2.05) is 0 Å². The van der Waals surface area contributed by atoms with Crippen LogP contribution in [0.3, 0.4) is 0 Å². The van der Waals surface area contributed by atoms with E-state index in [0.29, 0.717) is 24.0 Å². The van der Waals surface area contributed by atoms with E-state index in [-0.39, 0.29) is 47.2 Å². The van der Waals surface area contributed by atoms with Gasteiger partial charge in [0.2, 0.25) is 0 Å². The molecule has 0 aliphatic heterocycles. The minimum absolute atomic E-state index is 0. The topological polar surface area (TPSA) is 69.6 Å². The van der Waals surface area contributed by atoms with Gasteiger partial charge in [-0.3, -0.25) is 4.79 Å². The summed E-state index contributed by atoms with van der Waals surface area (Å²) < 4.78 is 0. The summed E-state index contributed by atoms with van der Waals surface area (Å²) in [6.07, 6.45) is 0.619. The summed E-state index contributed by atoms with van der Waals surface area (Å²) in [5.74, 6) is -0.235. The second-order valence-electron chi connectivity index (χ2n) is 3.11. The van der Waals surface area contributed by atoms with Gasteiger partial charge in [0.25, 0.3) is 5.91 Å². The van der Waals surface area contributed by atoms with Crippen LogP contribution in [0.2, 0.25) is 0 Å². The maximum absolute atomic E-state index is 11.5. The van der Waals surface area contributed by atoms with Crippen LogP contribution in [0, 0.1) is 48.2 Å². The maximum atomic E-state index is 11.5. The van der Waals surface area contributed by atoms with Crippen LogP contribution in [0.4, 0.5) is 0 Å². The van der Waals surface area contributed by atoms with Crippen LogP contribution < -0.4 is 10.8 Å². The van der Waals surface area contributed by atoms with Gasteiger partial charge >= 0.3 is 7.12 Å². The van der Waals surface area contributed by atoms with Gasteiger partial charge in [-0.2, -0.15) is 6.42 Å². The zero-order chi connectivity index (χ0) is 11.3. The molecule has 0 saturated heterocycles. The molecule has 0 unspecified atom stereocenters. The van der Waals surface area contributed by atoms with Gasteiger partial charge in [-0.15, -0.1) is 0 Å². The molecule has 0 aliphatic rings.